The number of carbonyl (C=O) groups is 3. The fraction of sp³-hybridized carbons (Fsp3) is 0.889. The van der Waals surface area contributed by atoms with Gasteiger partial charge in [-0.05, 0) is 75.5 Å². The number of esters is 3. The van der Waals surface area contributed by atoms with Crippen molar-refractivity contribution in [3.63, 3.8) is 0 Å². The Hall–Kier alpha value is -1.39. The maximum atomic E-state index is 13.0. The zero-order chi connectivity index (χ0) is 23.8. The maximum Gasteiger partial charge on any atom is 0.317 e. The first kappa shape index (κ1) is 25.2. The van der Waals surface area contributed by atoms with Crippen LogP contribution < -0.4 is 0 Å². The number of rotatable bonds is 9. The maximum absolute atomic E-state index is 13.0. The van der Waals surface area contributed by atoms with E-state index >= 15 is 0 Å². The van der Waals surface area contributed by atoms with E-state index in [0.717, 1.165) is 38.5 Å². The van der Waals surface area contributed by atoms with Crippen molar-refractivity contribution in [2.24, 2.45) is 53.3 Å². The molecule has 3 rings (SSSR count). The Bertz CT molecular complexity index is 707. The molecule has 3 fully saturated rings. The lowest BCUT2D eigenvalue weighted by atomic mass is 9.64. The largest absolute Gasteiger partial charge is 0.460 e. The lowest BCUT2D eigenvalue weighted by Gasteiger charge is -2.40. The summed E-state index contributed by atoms with van der Waals surface area (Å²) < 4.78 is 10.9. The van der Waals surface area contributed by atoms with Gasteiger partial charge >= 0.3 is 17.9 Å². The number of hydrogen-bond acceptors (Lipinski definition) is 5. The van der Waals surface area contributed by atoms with Crippen LogP contribution in [-0.4, -0.2) is 23.5 Å². The van der Waals surface area contributed by atoms with Crippen molar-refractivity contribution < 1.29 is 23.9 Å². The summed E-state index contributed by atoms with van der Waals surface area (Å²) in [6, 6.07) is 0. The lowest BCUT2D eigenvalue weighted by Crippen LogP contribution is -2.40. The van der Waals surface area contributed by atoms with Gasteiger partial charge in [-0.1, -0.05) is 53.4 Å². The molecule has 182 valence electrons. The summed E-state index contributed by atoms with van der Waals surface area (Å²) in [4.78, 5) is 38.4. The van der Waals surface area contributed by atoms with Gasteiger partial charge in [0.2, 0.25) is 0 Å². The lowest BCUT2D eigenvalue weighted by molar-refractivity contribution is -0.163. The van der Waals surface area contributed by atoms with Gasteiger partial charge in [0.15, 0.2) is 0 Å². The average Bonchev–Trinajstić information content (AvgIpc) is 3.32. The summed E-state index contributed by atoms with van der Waals surface area (Å²) >= 11 is 0. The second-order valence-corrected chi connectivity index (χ2v) is 11.9. The molecule has 1 saturated heterocycles. The van der Waals surface area contributed by atoms with E-state index in [1.165, 1.54) is 0 Å². The van der Waals surface area contributed by atoms with Crippen LogP contribution in [0.4, 0.5) is 0 Å². The second-order valence-electron chi connectivity index (χ2n) is 11.9. The Kier molecular flexibility index (Phi) is 7.77. The molecule has 0 aromatic heterocycles. The van der Waals surface area contributed by atoms with Crippen LogP contribution in [0.25, 0.3) is 0 Å². The highest BCUT2D eigenvalue weighted by molar-refractivity contribution is 5.96. The molecular formula is C27H44O5. The van der Waals surface area contributed by atoms with E-state index < -0.39 is 5.60 Å². The van der Waals surface area contributed by atoms with Crippen molar-refractivity contribution in [3.8, 4) is 0 Å². The standard InChI is InChI=1S/C27H44O5/c1-8-10-15(3)22-17-12-18(20(13-17)25(29)32-27(5,6)7)19(22)14-21-23(16(4)11-9-2)26(30)31-24(21)28/h15-23H,8-14H2,1-7H3. The highest BCUT2D eigenvalue weighted by Crippen LogP contribution is 2.60. The molecule has 2 bridgehead atoms. The SMILES string of the molecule is CCCC(C)C1C(=O)OC(=O)C1CC1C2CC(CC2C(=O)OC(C)(C)C)C1C(C)CCC. The quantitative estimate of drug-likeness (QED) is 0.330. The summed E-state index contributed by atoms with van der Waals surface area (Å²) in [7, 11) is 0. The predicted molar refractivity (Wildman–Crippen MR) is 123 cm³/mol. The fourth-order valence-electron chi connectivity index (χ4n) is 7.40. The first-order valence-corrected chi connectivity index (χ1v) is 13.0. The van der Waals surface area contributed by atoms with Crippen molar-refractivity contribution in [3.05, 3.63) is 0 Å². The zero-order valence-electron chi connectivity index (χ0n) is 21.2. The molecule has 5 nitrogen and oxygen atoms in total. The summed E-state index contributed by atoms with van der Waals surface area (Å²) in [6.07, 6.45) is 6.80. The van der Waals surface area contributed by atoms with Crippen molar-refractivity contribution in [1.82, 2.24) is 0 Å². The van der Waals surface area contributed by atoms with Gasteiger partial charge in [0, 0.05) is 0 Å². The van der Waals surface area contributed by atoms with E-state index in [2.05, 4.69) is 27.7 Å². The molecule has 1 heterocycles. The summed E-state index contributed by atoms with van der Waals surface area (Å²) in [5, 5.41) is 0. The van der Waals surface area contributed by atoms with Gasteiger partial charge in [0.25, 0.3) is 0 Å². The monoisotopic (exact) mass is 448 g/mol. The third-order valence-corrected chi connectivity index (χ3v) is 8.44. The number of ether oxygens (including phenoxy) is 2. The van der Waals surface area contributed by atoms with Crippen LogP contribution in [0.15, 0.2) is 0 Å². The molecule has 0 aromatic rings. The second kappa shape index (κ2) is 9.85. The molecule has 2 saturated carbocycles. The molecule has 0 amide bonds. The van der Waals surface area contributed by atoms with Crippen molar-refractivity contribution in [2.45, 2.75) is 99.0 Å². The Morgan fingerprint density at radius 3 is 2.25 bits per heavy atom. The first-order valence-electron chi connectivity index (χ1n) is 13.0. The van der Waals surface area contributed by atoms with Crippen LogP contribution in [-0.2, 0) is 23.9 Å². The minimum absolute atomic E-state index is 0.0856. The molecule has 1 aliphatic heterocycles. The van der Waals surface area contributed by atoms with Crippen LogP contribution >= 0.6 is 0 Å². The molecule has 0 radical (unpaired) electrons. The van der Waals surface area contributed by atoms with Crippen molar-refractivity contribution >= 4 is 17.9 Å². The number of cyclic esters (lactones) is 2. The number of carbonyl (C=O) groups excluding carboxylic acids is 3. The molecule has 2 aliphatic carbocycles. The Morgan fingerprint density at radius 2 is 1.66 bits per heavy atom. The Morgan fingerprint density at radius 1 is 1.03 bits per heavy atom. The third kappa shape index (κ3) is 5.07. The molecule has 0 spiro atoms. The summed E-state index contributed by atoms with van der Waals surface area (Å²) in [6.45, 7) is 14.5. The zero-order valence-corrected chi connectivity index (χ0v) is 21.2. The smallest absolute Gasteiger partial charge is 0.317 e. The Balaban J connectivity index is 1.85. The highest BCUT2D eigenvalue weighted by Gasteiger charge is 2.58. The van der Waals surface area contributed by atoms with Crippen molar-refractivity contribution in [2.75, 3.05) is 0 Å². The van der Waals surface area contributed by atoms with E-state index in [1.807, 2.05) is 20.8 Å². The van der Waals surface area contributed by atoms with Gasteiger partial charge in [-0.25, -0.2) is 0 Å². The first-order chi connectivity index (χ1) is 15.0. The molecule has 0 N–H and O–H groups in total. The van der Waals surface area contributed by atoms with E-state index in [4.69, 9.17) is 9.47 Å². The molecule has 32 heavy (non-hydrogen) atoms. The minimum atomic E-state index is -0.494. The minimum Gasteiger partial charge on any atom is -0.460 e. The van der Waals surface area contributed by atoms with Crippen molar-refractivity contribution in [1.29, 1.82) is 0 Å². The molecule has 3 aliphatic rings. The predicted octanol–water partition coefficient (Wildman–Crippen LogP) is 5.79. The van der Waals surface area contributed by atoms with E-state index in [9.17, 15) is 14.4 Å². The number of fused-ring (bicyclic) bond motifs is 2. The molecular weight excluding hydrogens is 404 g/mol. The normalized spacial score (nSPS) is 36.3. The topological polar surface area (TPSA) is 69.7 Å². The summed E-state index contributed by atoms with van der Waals surface area (Å²) in [5.41, 5.74) is -0.494. The number of hydrogen-bond donors (Lipinski definition) is 0. The van der Waals surface area contributed by atoms with E-state index in [1.54, 1.807) is 0 Å². The van der Waals surface area contributed by atoms with Gasteiger partial charge in [-0.15, -0.1) is 0 Å². The third-order valence-electron chi connectivity index (χ3n) is 8.44. The van der Waals surface area contributed by atoms with Crippen LogP contribution in [0.2, 0.25) is 0 Å². The summed E-state index contributed by atoms with van der Waals surface area (Å²) in [5.74, 6) is 0.631. The van der Waals surface area contributed by atoms with Gasteiger partial charge < -0.3 is 9.47 Å². The molecule has 5 heteroatoms. The highest BCUT2D eigenvalue weighted by atomic mass is 16.6. The Labute approximate surface area is 194 Å². The van der Waals surface area contributed by atoms with Crippen LogP contribution in [0.5, 0.6) is 0 Å². The molecule has 9 atom stereocenters. The average molecular weight is 449 g/mol. The van der Waals surface area contributed by atoms with Crippen LogP contribution in [0, 0.1) is 53.3 Å². The molecule has 9 unspecified atom stereocenters. The van der Waals surface area contributed by atoms with Gasteiger partial charge in [0.1, 0.15) is 5.60 Å². The van der Waals surface area contributed by atoms with Gasteiger partial charge in [-0.3, -0.25) is 14.4 Å². The van der Waals surface area contributed by atoms with Crippen LogP contribution in [0.1, 0.15) is 93.4 Å². The van der Waals surface area contributed by atoms with Gasteiger partial charge in [0.05, 0.1) is 17.8 Å². The fourth-order valence-corrected chi connectivity index (χ4v) is 7.40. The van der Waals surface area contributed by atoms with Crippen LogP contribution in [0.3, 0.4) is 0 Å². The van der Waals surface area contributed by atoms with Gasteiger partial charge in [-0.2, -0.15) is 0 Å². The van der Waals surface area contributed by atoms with E-state index in [-0.39, 0.29) is 53.4 Å². The van der Waals surface area contributed by atoms with E-state index in [0.29, 0.717) is 24.2 Å². The molecule has 0 aromatic carbocycles.